The first kappa shape index (κ1) is 17.4. The average Bonchev–Trinajstić information content (AvgIpc) is 2.36. The topological polar surface area (TPSA) is 82.1 Å². The van der Waals surface area contributed by atoms with Crippen molar-refractivity contribution >= 4 is 17.8 Å². The van der Waals surface area contributed by atoms with Crippen molar-refractivity contribution in [2.24, 2.45) is 0 Å². The molecule has 0 radical (unpaired) electrons. The molecule has 0 aliphatic carbocycles. The monoisotopic (exact) mass is 301 g/mol. The molecule has 0 saturated carbocycles. The molecule has 0 aromatic rings. The molecule has 0 spiro atoms. The molecule has 0 N–H and O–H groups in total. The second-order valence-corrected chi connectivity index (χ2v) is 5.71. The van der Waals surface area contributed by atoms with Crippen molar-refractivity contribution in [2.45, 2.75) is 45.8 Å². The van der Waals surface area contributed by atoms with Crippen LogP contribution in [0.4, 0.5) is 4.79 Å². The molecule has 0 bridgehead atoms. The molecule has 1 atom stereocenters. The molecular formula is C14H23NO6. The zero-order valence-electron chi connectivity index (χ0n) is 13.0. The molecule has 1 aliphatic rings. The zero-order chi connectivity index (χ0) is 16.0. The maximum atomic E-state index is 12.1. The van der Waals surface area contributed by atoms with Gasteiger partial charge in [0, 0.05) is 6.54 Å². The predicted octanol–water partition coefficient (Wildman–Crippen LogP) is 1.14. The number of amides is 1. The van der Waals surface area contributed by atoms with E-state index in [1.807, 2.05) is 0 Å². The Hall–Kier alpha value is -1.63. The maximum Gasteiger partial charge on any atom is 0.411 e. The van der Waals surface area contributed by atoms with E-state index in [9.17, 15) is 14.4 Å². The number of Topliss-reactive ketones (excluding diaryl/α,β-unsaturated/α-hetero) is 1. The van der Waals surface area contributed by atoms with Crippen molar-refractivity contribution in [3.8, 4) is 0 Å². The quantitative estimate of drug-likeness (QED) is 0.572. The largest absolute Gasteiger partial charge is 0.466 e. The van der Waals surface area contributed by atoms with E-state index in [-0.39, 0.29) is 26.2 Å². The van der Waals surface area contributed by atoms with Crippen LogP contribution in [0.1, 0.15) is 34.1 Å². The van der Waals surface area contributed by atoms with E-state index in [2.05, 4.69) is 0 Å². The van der Waals surface area contributed by atoms with Crippen LogP contribution in [0.25, 0.3) is 0 Å². The lowest BCUT2D eigenvalue weighted by Crippen LogP contribution is -2.54. The number of rotatable bonds is 4. The van der Waals surface area contributed by atoms with Crippen molar-refractivity contribution in [1.29, 1.82) is 0 Å². The van der Waals surface area contributed by atoms with Crippen molar-refractivity contribution in [3.63, 3.8) is 0 Å². The first-order chi connectivity index (χ1) is 9.74. The zero-order valence-corrected chi connectivity index (χ0v) is 13.0. The van der Waals surface area contributed by atoms with Gasteiger partial charge in [-0.15, -0.1) is 0 Å². The van der Waals surface area contributed by atoms with Gasteiger partial charge in [0.05, 0.1) is 19.8 Å². The molecule has 21 heavy (non-hydrogen) atoms. The van der Waals surface area contributed by atoms with Gasteiger partial charge in [-0.2, -0.15) is 0 Å². The number of carbonyl (C=O) groups excluding carboxylic acids is 3. The number of ketones is 1. The van der Waals surface area contributed by atoms with Gasteiger partial charge in [0.1, 0.15) is 18.1 Å². The van der Waals surface area contributed by atoms with Crippen LogP contribution in [0.5, 0.6) is 0 Å². The Bertz CT molecular complexity index is 401. The standard InChI is InChI=1S/C14H23NO6/c1-5-20-12(17)8-11(16)10-9-19-7-6-15(10)13(18)21-14(2,3)4/h10H,5-9H2,1-4H3/t10-/m0/s1. The highest BCUT2D eigenvalue weighted by Gasteiger charge is 2.36. The third-order valence-electron chi connectivity index (χ3n) is 2.75. The molecule has 0 aromatic heterocycles. The van der Waals surface area contributed by atoms with Crippen molar-refractivity contribution in [1.82, 2.24) is 4.90 Å². The number of ether oxygens (including phenoxy) is 3. The molecule has 1 fully saturated rings. The van der Waals surface area contributed by atoms with Crippen molar-refractivity contribution in [2.75, 3.05) is 26.4 Å². The van der Waals surface area contributed by atoms with Gasteiger partial charge in [0.25, 0.3) is 0 Å². The van der Waals surface area contributed by atoms with Crippen LogP contribution < -0.4 is 0 Å². The number of hydrogen-bond donors (Lipinski definition) is 0. The Kier molecular flexibility index (Phi) is 6.14. The second-order valence-electron chi connectivity index (χ2n) is 5.71. The van der Waals surface area contributed by atoms with Gasteiger partial charge >= 0.3 is 12.1 Å². The molecule has 120 valence electrons. The molecule has 0 aromatic carbocycles. The number of hydrogen-bond acceptors (Lipinski definition) is 6. The molecule has 1 aliphatic heterocycles. The van der Waals surface area contributed by atoms with E-state index in [0.717, 1.165) is 0 Å². The summed E-state index contributed by atoms with van der Waals surface area (Å²) in [6, 6.07) is -0.807. The summed E-state index contributed by atoms with van der Waals surface area (Å²) in [7, 11) is 0. The second kappa shape index (κ2) is 7.40. The Morgan fingerprint density at radius 3 is 2.52 bits per heavy atom. The van der Waals surface area contributed by atoms with E-state index in [1.54, 1.807) is 27.7 Å². The van der Waals surface area contributed by atoms with Gasteiger partial charge in [0.15, 0.2) is 5.78 Å². The van der Waals surface area contributed by atoms with Gasteiger partial charge in [-0.05, 0) is 27.7 Å². The lowest BCUT2D eigenvalue weighted by Gasteiger charge is -2.35. The smallest absolute Gasteiger partial charge is 0.411 e. The van der Waals surface area contributed by atoms with Crippen LogP contribution in [-0.2, 0) is 23.8 Å². The van der Waals surface area contributed by atoms with Crippen LogP contribution >= 0.6 is 0 Å². The van der Waals surface area contributed by atoms with Crippen LogP contribution in [-0.4, -0.2) is 60.8 Å². The minimum Gasteiger partial charge on any atom is -0.466 e. The summed E-state index contributed by atoms with van der Waals surface area (Å²) >= 11 is 0. The fourth-order valence-electron chi connectivity index (χ4n) is 1.88. The molecule has 1 amide bonds. The van der Waals surface area contributed by atoms with E-state index < -0.39 is 29.5 Å². The molecule has 7 heteroatoms. The summed E-state index contributed by atoms with van der Waals surface area (Å²) in [6.07, 6.45) is -0.950. The van der Waals surface area contributed by atoms with Gasteiger partial charge in [0.2, 0.25) is 0 Å². The summed E-state index contributed by atoms with van der Waals surface area (Å²) in [5.41, 5.74) is -0.649. The van der Waals surface area contributed by atoms with Crippen LogP contribution in [0.2, 0.25) is 0 Å². The fourth-order valence-corrected chi connectivity index (χ4v) is 1.88. The summed E-state index contributed by atoms with van der Waals surface area (Å²) in [4.78, 5) is 37.0. The lowest BCUT2D eigenvalue weighted by atomic mass is 10.1. The maximum absolute atomic E-state index is 12.1. The Morgan fingerprint density at radius 1 is 1.29 bits per heavy atom. The molecule has 1 rings (SSSR count). The molecular weight excluding hydrogens is 278 g/mol. The average molecular weight is 301 g/mol. The van der Waals surface area contributed by atoms with Crippen molar-refractivity contribution < 1.29 is 28.6 Å². The minimum absolute atomic E-state index is 0.0669. The van der Waals surface area contributed by atoms with Gasteiger partial charge in [-0.1, -0.05) is 0 Å². The third-order valence-corrected chi connectivity index (χ3v) is 2.75. The minimum atomic E-state index is -0.807. The van der Waals surface area contributed by atoms with Gasteiger partial charge < -0.3 is 14.2 Å². The number of esters is 1. The molecule has 1 heterocycles. The normalized spacial score (nSPS) is 19.0. The summed E-state index contributed by atoms with van der Waals surface area (Å²) < 4.78 is 15.3. The van der Waals surface area contributed by atoms with Crippen LogP contribution in [0.3, 0.4) is 0 Å². The van der Waals surface area contributed by atoms with E-state index in [0.29, 0.717) is 6.61 Å². The number of carbonyl (C=O) groups is 3. The first-order valence-corrected chi connectivity index (χ1v) is 7.00. The third kappa shape index (κ3) is 5.71. The lowest BCUT2D eigenvalue weighted by molar-refractivity contribution is -0.148. The number of morpholine rings is 1. The first-order valence-electron chi connectivity index (χ1n) is 7.00. The Balaban J connectivity index is 2.70. The summed E-state index contributed by atoms with van der Waals surface area (Å²) in [5.74, 6) is -1.00. The SMILES string of the molecule is CCOC(=O)CC(=O)[C@@H]1COCCN1C(=O)OC(C)(C)C. The number of nitrogens with zero attached hydrogens (tertiary/aromatic N) is 1. The highest BCUT2D eigenvalue weighted by molar-refractivity contribution is 5.99. The fraction of sp³-hybridized carbons (Fsp3) is 0.786. The van der Waals surface area contributed by atoms with Crippen molar-refractivity contribution in [3.05, 3.63) is 0 Å². The van der Waals surface area contributed by atoms with E-state index in [1.165, 1.54) is 4.90 Å². The summed E-state index contributed by atoms with van der Waals surface area (Å²) in [5, 5.41) is 0. The van der Waals surface area contributed by atoms with Gasteiger partial charge in [-0.3, -0.25) is 14.5 Å². The predicted molar refractivity (Wildman–Crippen MR) is 73.8 cm³/mol. The summed E-state index contributed by atoms with van der Waals surface area (Å²) in [6.45, 7) is 7.79. The van der Waals surface area contributed by atoms with E-state index in [4.69, 9.17) is 14.2 Å². The highest BCUT2D eigenvalue weighted by Crippen LogP contribution is 2.16. The molecule has 7 nitrogen and oxygen atoms in total. The van der Waals surface area contributed by atoms with E-state index >= 15 is 0 Å². The Labute approximate surface area is 124 Å². The molecule has 0 unspecified atom stereocenters. The van der Waals surface area contributed by atoms with Crippen LogP contribution in [0, 0.1) is 0 Å². The Morgan fingerprint density at radius 2 is 1.95 bits per heavy atom. The van der Waals surface area contributed by atoms with Crippen LogP contribution in [0.15, 0.2) is 0 Å². The highest BCUT2D eigenvalue weighted by atomic mass is 16.6. The van der Waals surface area contributed by atoms with Gasteiger partial charge in [-0.25, -0.2) is 4.79 Å². The molecule has 1 saturated heterocycles.